The minimum atomic E-state index is -2.94. The summed E-state index contributed by atoms with van der Waals surface area (Å²) in [5, 5.41) is 9.98. The molecule has 0 radical (unpaired) electrons. The van der Waals surface area contributed by atoms with Crippen LogP contribution in [0.25, 0.3) is 0 Å². The highest BCUT2D eigenvalue weighted by Gasteiger charge is 2.11. The van der Waals surface area contributed by atoms with Gasteiger partial charge in [0.15, 0.2) is 0 Å². The fraction of sp³-hybridized carbons (Fsp3) is 0.571. The second-order valence-corrected chi connectivity index (χ2v) is 7.04. The van der Waals surface area contributed by atoms with E-state index in [1.807, 2.05) is 24.3 Å². The van der Waals surface area contributed by atoms with E-state index < -0.39 is 15.9 Å². The Morgan fingerprint density at radius 1 is 1.26 bits per heavy atom. The van der Waals surface area contributed by atoms with Gasteiger partial charge in [-0.1, -0.05) is 31.2 Å². The fourth-order valence-electron chi connectivity index (χ4n) is 1.81. The van der Waals surface area contributed by atoms with Crippen LogP contribution in [-0.4, -0.2) is 32.1 Å². The lowest BCUT2D eigenvalue weighted by Crippen LogP contribution is -2.10. The number of hydrogen-bond acceptors (Lipinski definition) is 4. The number of sulfone groups is 1. The van der Waals surface area contributed by atoms with Gasteiger partial charge < -0.3 is 9.84 Å². The zero-order chi connectivity index (χ0) is 14.3. The van der Waals surface area contributed by atoms with Crippen molar-refractivity contribution in [2.45, 2.75) is 32.5 Å². The van der Waals surface area contributed by atoms with Crippen LogP contribution in [0.2, 0.25) is 0 Å². The van der Waals surface area contributed by atoms with Crippen molar-refractivity contribution >= 4 is 9.84 Å². The molecule has 0 aliphatic rings. The van der Waals surface area contributed by atoms with Gasteiger partial charge in [-0.05, 0) is 24.0 Å². The highest BCUT2D eigenvalue weighted by atomic mass is 32.2. The van der Waals surface area contributed by atoms with E-state index in [4.69, 9.17) is 4.74 Å². The van der Waals surface area contributed by atoms with E-state index in [1.54, 1.807) is 14.0 Å². The third-order valence-electron chi connectivity index (χ3n) is 3.05. The first-order chi connectivity index (χ1) is 8.98. The summed E-state index contributed by atoms with van der Waals surface area (Å²) in [7, 11) is -1.30. The molecule has 1 unspecified atom stereocenters. The number of hydrogen-bond donors (Lipinski definition) is 1. The highest BCUT2D eigenvalue weighted by molar-refractivity contribution is 7.91. The van der Waals surface area contributed by atoms with E-state index in [0.717, 1.165) is 11.1 Å². The number of ether oxygens (including phenoxy) is 1. The van der Waals surface area contributed by atoms with Gasteiger partial charge in [-0.15, -0.1) is 0 Å². The quantitative estimate of drug-likeness (QED) is 0.794. The number of aliphatic hydroxyl groups excluding tert-OH is 1. The van der Waals surface area contributed by atoms with Gasteiger partial charge in [-0.25, -0.2) is 8.42 Å². The van der Waals surface area contributed by atoms with Crippen molar-refractivity contribution < 1.29 is 18.3 Å². The summed E-state index contributed by atoms with van der Waals surface area (Å²) in [6.45, 7) is 2.19. The summed E-state index contributed by atoms with van der Waals surface area (Å²) < 4.78 is 27.7. The molecule has 5 heteroatoms. The third kappa shape index (κ3) is 5.72. The molecule has 0 heterocycles. The Hall–Kier alpha value is -0.910. The van der Waals surface area contributed by atoms with Gasteiger partial charge in [-0.3, -0.25) is 0 Å². The summed E-state index contributed by atoms with van der Waals surface area (Å²) in [4.78, 5) is 0. The lowest BCUT2D eigenvalue weighted by molar-refractivity contribution is 0.166. The number of rotatable bonds is 8. The molecule has 0 amide bonds. The van der Waals surface area contributed by atoms with E-state index in [0.29, 0.717) is 19.4 Å². The van der Waals surface area contributed by atoms with Crippen LogP contribution >= 0.6 is 0 Å². The van der Waals surface area contributed by atoms with Crippen LogP contribution in [-0.2, 0) is 21.2 Å². The van der Waals surface area contributed by atoms with E-state index in [-0.39, 0.29) is 11.5 Å². The van der Waals surface area contributed by atoms with Crippen molar-refractivity contribution in [2.24, 2.45) is 0 Å². The molecule has 4 nitrogen and oxygen atoms in total. The smallest absolute Gasteiger partial charge is 0.150 e. The van der Waals surface area contributed by atoms with Crippen molar-refractivity contribution in [3.63, 3.8) is 0 Å². The SMILES string of the molecule is CCS(=O)(=O)CCCC(O)c1ccc(COC)cc1. The zero-order valence-electron chi connectivity index (χ0n) is 11.5. The molecule has 1 aromatic carbocycles. The van der Waals surface area contributed by atoms with Crippen LogP contribution in [0.3, 0.4) is 0 Å². The van der Waals surface area contributed by atoms with Crippen molar-refractivity contribution in [1.29, 1.82) is 0 Å². The van der Waals surface area contributed by atoms with Crippen molar-refractivity contribution in [3.05, 3.63) is 35.4 Å². The Labute approximate surface area is 115 Å². The number of aliphatic hydroxyl groups is 1. The Morgan fingerprint density at radius 3 is 2.42 bits per heavy atom. The molecular formula is C14H22O4S. The second-order valence-electron chi connectivity index (χ2n) is 4.57. The molecule has 1 rings (SSSR count). The van der Waals surface area contributed by atoms with E-state index in [1.165, 1.54) is 0 Å². The topological polar surface area (TPSA) is 63.6 Å². The van der Waals surface area contributed by atoms with Crippen LogP contribution in [0.4, 0.5) is 0 Å². The molecule has 0 aromatic heterocycles. The van der Waals surface area contributed by atoms with Crippen molar-refractivity contribution in [2.75, 3.05) is 18.6 Å². The fourth-order valence-corrected chi connectivity index (χ4v) is 2.71. The van der Waals surface area contributed by atoms with Gasteiger partial charge in [0, 0.05) is 12.9 Å². The molecule has 0 aliphatic heterocycles. The van der Waals surface area contributed by atoms with Gasteiger partial charge >= 0.3 is 0 Å². The molecule has 0 fully saturated rings. The number of benzene rings is 1. The van der Waals surface area contributed by atoms with Crippen LogP contribution in [0.15, 0.2) is 24.3 Å². The molecular weight excluding hydrogens is 264 g/mol. The normalized spacial score (nSPS) is 13.4. The zero-order valence-corrected chi connectivity index (χ0v) is 12.3. The predicted molar refractivity (Wildman–Crippen MR) is 75.7 cm³/mol. The maximum absolute atomic E-state index is 11.3. The minimum absolute atomic E-state index is 0.141. The summed E-state index contributed by atoms with van der Waals surface area (Å²) in [6.07, 6.45) is 0.337. The molecule has 108 valence electrons. The van der Waals surface area contributed by atoms with E-state index >= 15 is 0 Å². The Bertz CT molecular complexity index is 465. The van der Waals surface area contributed by atoms with E-state index in [2.05, 4.69) is 0 Å². The molecule has 0 saturated heterocycles. The Morgan fingerprint density at radius 2 is 1.89 bits per heavy atom. The average Bonchev–Trinajstić information content (AvgIpc) is 2.39. The largest absolute Gasteiger partial charge is 0.388 e. The van der Waals surface area contributed by atoms with Gasteiger partial charge in [0.2, 0.25) is 0 Å². The van der Waals surface area contributed by atoms with Crippen molar-refractivity contribution in [3.8, 4) is 0 Å². The molecule has 0 spiro atoms. The lowest BCUT2D eigenvalue weighted by Gasteiger charge is -2.11. The van der Waals surface area contributed by atoms with Gasteiger partial charge in [0.05, 0.1) is 18.5 Å². The van der Waals surface area contributed by atoms with Crippen LogP contribution in [0.1, 0.15) is 37.0 Å². The van der Waals surface area contributed by atoms with E-state index in [9.17, 15) is 13.5 Å². The monoisotopic (exact) mass is 286 g/mol. The van der Waals surface area contributed by atoms with Crippen molar-refractivity contribution in [1.82, 2.24) is 0 Å². The molecule has 1 atom stereocenters. The van der Waals surface area contributed by atoms with Crippen LogP contribution in [0.5, 0.6) is 0 Å². The van der Waals surface area contributed by atoms with Crippen LogP contribution < -0.4 is 0 Å². The first-order valence-electron chi connectivity index (χ1n) is 6.44. The molecule has 1 N–H and O–H groups in total. The standard InChI is InChI=1S/C14H22O4S/c1-3-19(16,17)10-4-5-14(15)13-8-6-12(7-9-13)11-18-2/h6-9,14-15H,3-5,10-11H2,1-2H3. The lowest BCUT2D eigenvalue weighted by atomic mass is 10.0. The predicted octanol–water partition coefficient (Wildman–Crippen LogP) is 2.08. The second kappa shape index (κ2) is 7.62. The number of methoxy groups -OCH3 is 1. The van der Waals surface area contributed by atoms with Gasteiger partial charge in [0.1, 0.15) is 9.84 Å². The molecule has 0 aliphatic carbocycles. The first-order valence-corrected chi connectivity index (χ1v) is 8.27. The Kier molecular flexibility index (Phi) is 6.48. The first kappa shape index (κ1) is 16.1. The molecule has 0 bridgehead atoms. The molecule has 1 aromatic rings. The van der Waals surface area contributed by atoms with Gasteiger partial charge in [0.25, 0.3) is 0 Å². The minimum Gasteiger partial charge on any atom is -0.388 e. The third-order valence-corrected chi connectivity index (χ3v) is 4.84. The molecule has 19 heavy (non-hydrogen) atoms. The summed E-state index contributed by atoms with van der Waals surface area (Å²) in [5.41, 5.74) is 1.86. The molecule has 0 saturated carbocycles. The summed E-state index contributed by atoms with van der Waals surface area (Å²) in [6, 6.07) is 7.52. The Balaban J connectivity index is 2.47. The maximum atomic E-state index is 11.3. The average molecular weight is 286 g/mol. The highest BCUT2D eigenvalue weighted by Crippen LogP contribution is 2.19. The summed E-state index contributed by atoms with van der Waals surface area (Å²) >= 11 is 0. The van der Waals surface area contributed by atoms with Crippen LogP contribution in [0, 0.1) is 0 Å². The maximum Gasteiger partial charge on any atom is 0.150 e. The van der Waals surface area contributed by atoms with Gasteiger partial charge in [-0.2, -0.15) is 0 Å². The summed E-state index contributed by atoms with van der Waals surface area (Å²) in [5.74, 6) is 0.303.